The fourth-order valence-electron chi connectivity index (χ4n) is 3.70. The van der Waals surface area contributed by atoms with Gasteiger partial charge in [-0.3, -0.25) is 9.89 Å². The van der Waals surface area contributed by atoms with Crippen LogP contribution in [-0.2, 0) is 11.2 Å². The maximum absolute atomic E-state index is 12.6. The Kier molecular flexibility index (Phi) is 3.79. The Balaban J connectivity index is 1.34. The molecule has 1 aliphatic carbocycles. The number of hydrogen-bond acceptors (Lipinski definition) is 4. The number of rotatable bonds is 4. The van der Waals surface area contributed by atoms with Crippen LogP contribution >= 0.6 is 0 Å². The molecule has 1 heterocycles. The van der Waals surface area contributed by atoms with Crippen LogP contribution in [0.25, 0.3) is 22.0 Å². The first-order valence-electron chi connectivity index (χ1n) is 9.05. The molecule has 1 N–H and O–H groups in total. The fraction of sp³-hybridized carbons (Fsp3) is 0.0870. The highest BCUT2D eigenvalue weighted by Crippen LogP contribution is 2.36. The summed E-state index contributed by atoms with van der Waals surface area (Å²) in [7, 11) is 0. The van der Waals surface area contributed by atoms with E-state index in [4.69, 9.17) is 4.74 Å². The molecule has 0 unspecified atom stereocenters. The van der Waals surface area contributed by atoms with E-state index >= 15 is 0 Å². The van der Waals surface area contributed by atoms with Gasteiger partial charge in [-0.2, -0.15) is 5.10 Å². The van der Waals surface area contributed by atoms with Crippen LogP contribution in [0.2, 0.25) is 0 Å². The SMILES string of the molecule is O=C(COC(=O)c1n[nH]c2ccccc12)c1ccc2c(c1)-c1ccccc1C2. The highest BCUT2D eigenvalue weighted by atomic mass is 16.5. The molecule has 28 heavy (non-hydrogen) atoms. The van der Waals surface area contributed by atoms with Gasteiger partial charge in [0.1, 0.15) is 0 Å². The molecule has 0 fully saturated rings. The molecule has 5 heteroatoms. The minimum Gasteiger partial charge on any atom is -0.452 e. The summed E-state index contributed by atoms with van der Waals surface area (Å²) in [5.41, 5.74) is 6.18. The van der Waals surface area contributed by atoms with Gasteiger partial charge in [0.15, 0.2) is 18.1 Å². The molecule has 0 saturated carbocycles. The molecule has 0 bridgehead atoms. The molecular formula is C23H16N2O3. The fourth-order valence-corrected chi connectivity index (χ4v) is 3.70. The summed E-state index contributed by atoms with van der Waals surface area (Å²) >= 11 is 0. The third-order valence-electron chi connectivity index (χ3n) is 5.12. The largest absolute Gasteiger partial charge is 0.452 e. The van der Waals surface area contributed by atoms with E-state index in [1.54, 1.807) is 12.1 Å². The summed E-state index contributed by atoms with van der Waals surface area (Å²) in [5.74, 6) is -0.849. The second kappa shape index (κ2) is 6.46. The van der Waals surface area contributed by atoms with Gasteiger partial charge in [0.2, 0.25) is 0 Å². The first kappa shape index (κ1) is 16.4. The van der Waals surface area contributed by atoms with Gasteiger partial charge in [0, 0.05) is 10.9 Å². The van der Waals surface area contributed by atoms with Crippen molar-refractivity contribution in [3.8, 4) is 11.1 Å². The number of H-pyrrole nitrogens is 1. The van der Waals surface area contributed by atoms with E-state index in [1.165, 1.54) is 11.1 Å². The van der Waals surface area contributed by atoms with Crippen molar-refractivity contribution in [2.45, 2.75) is 6.42 Å². The van der Waals surface area contributed by atoms with Crippen molar-refractivity contribution in [3.63, 3.8) is 0 Å². The number of aromatic amines is 1. The van der Waals surface area contributed by atoms with E-state index in [2.05, 4.69) is 22.3 Å². The molecule has 4 aromatic rings. The van der Waals surface area contributed by atoms with Crippen molar-refractivity contribution in [2.75, 3.05) is 6.61 Å². The van der Waals surface area contributed by atoms with Gasteiger partial charge in [-0.25, -0.2) is 4.79 Å². The highest BCUT2D eigenvalue weighted by molar-refractivity contribution is 6.04. The topological polar surface area (TPSA) is 72.1 Å². The number of ether oxygens (including phenoxy) is 1. The average Bonchev–Trinajstić information content (AvgIpc) is 3.32. The summed E-state index contributed by atoms with van der Waals surface area (Å²) in [6.45, 7) is -0.319. The summed E-state index contributed by atoms with van der Waals surface area (Å²) in [4.78, 5) is 24.9. The Morgan fingerprint density at radius 1 is 0.929 bits per heavy atom. The smallest absolute Gasteiger partial charge is 0.359 e. The minimum absolute atomic E-state index is 0.186. The minimum atomic E-state index is -0.614. The Hall–Kier alpha value is -3.73. The summed E-state index contributed by atoms with van der Waals surface area (Å²) in [6.07, 6.45) is 0.876. The predicted molar refractivity (Wildman–Crippen MR) is 105 cm³/mol. The van der Waals surface area contributed by atoms with Crippen LogP contribution in [0, 0.1) is 0 Å². The number of carbonyl (C=O) groups excluding carboxylic acids is 2. The first-order chi connectivity index (χ1) is 13.7. The second-order valence-electron chi connectivity index (χ2n) is 6.82. The number of esters is 1. The van der Waals surface area contributed by atoms with E-state index in [9.17, 15) is 9.59 Å². The molecule has 0 aliphatic heterocycles. The van der Waals surface area contributed by atoms with Crippen LogP contribution in [0.3, 0.4) is 0 Å². The van der Waals surface area contributed by atoms with Crippen molar-refractivity contribution in [3.05, 3.63) is 89.1 Å². The molecule has 0 saturated heterocycles. The van der Waals surface area contributed by atoms with Crippen LogP contribution in [0.1, 0.15) is 32.0 Å². The third kappa shape index (κ3) is 2.68. The zero-order valence-electron chi connectivity index (χ0n) is 14.9. The zero-order chi connectivity index (χ0) is 19.1. The van der Waals surface area contributed by atoms with Crippen LogP contribution < -0.4 is 0 Å². The molecule has 136 valence electrons. The zero-order valence-corrected chi connectivity index (χ0v) is 14.9. The predicted octanol–water partition coefficient (Wildman–Crippen LogP) is 4.17. The molecule has 0 spiro atoms. The molecule has 1 aromatic heterocycles. The number of hydrogen-bond donors (Lipinski definition) is 1. The van der Waals surface area contributed by atoms with Crippen molar-refractivity contribution >= 4 is 22.7 Å². The van der Waals surface area contributed by atoms with Gasteiger partial charge < -0.3 is 4.74 Å². The van der Waals surface area contributed by atoms with Gasteiger partial charge in [-0.15, -0.1) is 0 Å². The third-order valence-corrected chi connectivity index (χ3v) is 5.12. The van der Waals surface area contributed by atoms with E-state index in [-0.39, 0.29) is 18.1 Å². The molecule has 0 radical (unpaired) electrons. The van der Waals surface area contributed by atoms with Crippen molar-refractivity contribution < 1.29 is 14.3 Å². The van der Waals surface area contributed by atoms with Gasteiger partial charge in [0.05, 0.1) is 5.52 Å². The average molecular weight is 368 g/mol. The van der Waals surface area contributed by atoms with Gasteiger partial charge in [0.25, 0.3) is 0 Å². The number of carbonyl (C=O) groups is 2. The lowest BCUT2D eigenvalue weighted by Crippen LogP contribution is -2.15. The van der Waals surface area contributed by atoms with E-state index in [0.717, 1.165) is 23.1 Å². The lowest BCUT2D eigenvalue weighted by molar-refractivity contribution is 0.0471. The number of nitrogens with one attached hydrogen (secondary N) is 1. The van der Waals surface area contributed by atoms with Crippen LogP contribution in [-0.4, -0.2) is 28.6 Å². The van der Waals surface area contributed by atoms with Crippen LogP contribution in [0.15, 0.2) is 66.7 Å². The second-order valence-corrected chi connectivity index (χ2v) is 6.82. The molecule has 5 rings (SSSR count). The van der Waals surface area contributed by atoms with Gasteiger partial charge in [-0.05, 0) is 40.8 Å². The number of Topliss-reactive ketones (excluding diaryl/α,β-unsaturated/α-hetero) is 1. The summed E-state index contributed by atoms with van der Waals surface area (Å²) in [6, 6.07) is 21.1. The Morgan fingerprint density at radius 3 is 2.64 bits per heavy atom. The van der Waals surface area contributed by atoms with Gasteiger partial charge >= 0.3 is 5.97 Å². The first-order valence-corrected chi connectivity index (χ1v) is 9.05. The normalized spacial score (nSPS) is 11.9. The number of nitrogens with zero attached hydrogens (tertiary/aromatic N) is 1. The number of ketones is 1. The van der Waals surface area contributed by atoms with Crippen LogP contribution in [0.4, 0.5) is 0 Å². The van der Waals surface area contributed by atoms with E-state index in [0.29, 0.717) is 10.9 Å². The van der Waals surface area contributed by atoms with E-state index in [1.807, 2.05) is 42.5 Å². The molecule has 1 aliphatic rings. The summed E-state index contributed by atoms with van der Waals surface area (Å²) in [5, 5.41) is 7.47. The standard InChI is InChI=1S/C23H16N2O3/c26-21(13-28-23(27)22-18-7-3-4-8-20(18)24-25-22)16-10-9-15-11-14-5-1-2-6-17(14)19(15)12-16/h1-10,12H,11,13H2,(H,24,25). The maximum atomic E-state index is 12.6. The summed E-state index contributed by atoms with van der Waals surface area (Å²) < 4.78 is 5.23. The molecule has 5 nitrogen and oxygen atoms in total. The molecule has 0 amide bonds. The van der Waals surface area contributed by atoms with Crippen molar-refractivity contribution in [1.29, 1.82) is 0 Å². The lowest BCUT2D eigenvalue weighted by atomic mass is 10.0. The van der Waals surface area contributed by atoms with Gasteiger partial charge in [-0.1, -0.05) is 54.6 Å². The number of para-hydroxylation sites is 1. The quantitative estimate of drug-likeness (QED) is 0.382. The highest BCUT2D eigenvalue weighted by Gasteiger charge is 2.21. The van der Waals surface area contributed by atoms with Crippen molar-refractivity contribution in [2.24, 2.45) is 0 Å². The Morgan fingerprint density at radius 2 is 1.71 bits per heavy atom. The molecular weight excluding hydrogens is 352 g/mol. The molecule has 3 aromatic carbocycles. The molecule has 0 atom stereocenters. The van der Waals surface area contributed by atoms with E-state index < -0.39 is 5.97 Å². The van der Waals surface area contributed by atoms with Crippen LogP contribution in [0.5, 0.6) is 0 Å². The Labute approximate surface area is 161 Å². The maximum Gasteiger partial charge on any atom is 0.359 e. The number of fused-ring (bicyclic) bond motifs is 4. The van der Waals surface area contributed by atoms with Crippen molar-refractivity contribution in [1.82, 2.24) is 10.2 Å². The number of benzene rings is 3. The number of aromatic nitrogens is 2. The monoisotopic (exact) mass is 368 g/mol. The lowest BCUT2D eigenvalue weighted by Gasteiger charge is -2.06. The Bertz CT molecular complexity index is 1240.